The molecule has 1 aliphatic rings. The van der Waals surface area contributed by atoms with Gasteiger partial charge in [-0.3, -0.25) is 4.90 Å². The number of nitrogens with zero attached hydrogens (tertiary/aromatic N) is 1. The van der Waals surface area contributed by atoms with E-state index in [0.29, 0.717) is 17.4 Å². The quantitative estimate of drug-likeness (QED) is 0.906. The highest BCUT2D eigenvalue weighted by atomic mass is 79.9. The molecule has 106 valence electrons. The van der Waals surface area contributed by atoms with E-state index in [1.54, 1.807) is 12.1 Å². The van der Waals surface area contributed by atoms with Crippen LogP contribution in [-0.2, 0) is 9.84 Å². The van der Waals surface area contributed by atoms with E-state index in [1.807, 2.05) is 13.1 Å². The summed E-state index contributed by atoms with van der Waals surface area (Å²) in [5, 5.41) is 0. The fraction of sp³-hybridized carbons (Fsp3) is 0.538. The van der Waals surface area contributed by atoms with Crippen LogP contribution in [0.2, 0.25) is 0 Å². The van der Waals surface area contributed by atoms with Crippen LogP contribution in [0.4, 0.5) is 0 Å². The Labute approximate surface area is 123 Å². The van der Waals surface area contributed by atoms with Crippen LogP contribution in [0, 0.1) is 5.92 Å². The maximum Gasteiger partial charge on any atom is 0.175 e. The van der Waals surface area contributed by atoms with Gasteiger partial charge in [0, 0.05) is 23.3 Å². The zero-order valence-corrected chi connectivity index (χ0v) is 13.5. The molecule has 1 heterocycles. The molecule has 1 saturated heterocycles. The maximum absolute atomic E-state index is 11.9. The normalized spacial score (nSPS) is 24.8. The van der Waals surface area contributed by atoms with Gasteiger partial charge in [0.2, 0.25) is 0 Å². The molecule has 0 amide bonds. The van der Waals surface area contributed by atoms with Gasteiger partial charge in [0.1, 0.15) is 0 Å². The Bertz CT molecular complexity index is 574. The lowest BCUT2D eigenvalue weighted by Crippen LogP contribution is -2.21. The third-order valence-corrected chi connectivity index (χ3v) is 5.36. The summed E-state index contributed by atoms with van der Waals surface area (Å²) in [6.45, 7) is 1.56. The Morgan fingerprint density at radius 2 is 2.16 bits per heavy atom. The summed E-state index contributed by atoms with van der Waals surface area (Å²) in [6.07, 6.45) is 2.17. The van der Waals surface area contributed by atoms with Crippen molar-refractivity contribution in [2.24, 2.45) is 11.7 Å². The van der Waals surface area contributed by atoms with Crippen LogP contribution < -0.4 is 5.73 Å². The van der Waals surface area contributed by atoms with Crippen LogP contribution in [-0.4, -0.2) is 39.7 Å². The fourth-order valence-corrected chi connectivity index (χ4v) is 4.07. The summed E-state index contributed by atoms with van der Waals surface area (Å²) in [7, 11) is -1.19. The number of halogens is 1. The molecular formula is C13H19BrN2O2S. The van der Waals surface area contributed by atoms with Crippen LogP contribution >= 0.6 is 15.9 Å². The van der Waals surface area contributed by atoms with Crippen molar-refractivity contribution in [1.29, 1.82) is 0 Å². The lowest BCUT2D eigenvalue weighted by Gasteiger charge is -2.22. The summed E-state index contributed by atoms with van der Waals surface area (Å²) in [6, 6.07) is 5.49. The first-order chi connectivity index (χ1) is 8.82. The van der Waals surface area contributed by atoms with E-state index in [4.69, 9.17) is 5.73 Å². The van der Waals surface area contributed by atoms with E-state index in [0.717, 1.165) is 23.0 Å². The number of sulfone groups is 1. The molecule has 0 radical (unpaired) electrons. The van der Waals surface area contributed by atoms with E-state index in [1.165, 1.54) is 6.26 Å². The van der Waals surface area contributed by atoms with Gasteiger partial charge in [0.05, 0.1) is 4.90 Å². The summed E-state index contributed by atoms with van der Waals surface area (Å²) < 4.78 is 24.7. The number of benzene rings is 1. The minimum atomic E-state index is -3.21. The molecule has 2 unspecified atom stereocenters. The molecule has 1 aliphatic heterocycles. The second kappa shape index (κ2) is 5.52. The zero-order chi connectivity index (χ0) is 14.2. The third-order valence-electron chi connectivity index (χ3n) is 3.70. The maximum atomic E-state index is 11.9. The number of nitrogens with two attached hydrogens (primary N) is 1. The monoisotopic (exact) mass is 346 g/mol. The van der Waals surface area contributed by atoms with Gasteiger partial charge in [0.25, 0.3) is 0 Å². The summed E-state index contributed by atoms with van der Waals surface area (Å²) in [5.74, 6) is 0.432. The van der Waals surface area contributed by atoms with E-state index in [2.05, 4.69) is 20.8 Å². The van der Waals surface area contributed by atoms with Crippen molar-refractivity contribution < 1.29 is 8.42 Å². The highest BCUT2D eigenvalue weighted by molar-refractivity contribution is 9.10. The molecule has 2 rings (SSSR count). The van der Waals surface area contributed by atoms with Gasteiger partial charge in [-0.15, -0.1) is 0 Å². The lowest BCUT2D eigenvalue weighted by molar-refractivity contribution is 0.310. The molecule has 19 heavy (non-hydrogen) atoms. The molecule has 2 atom stereocenters. The van der Waals surface area contributed by atoms with Crippen LogP contribution in [0.5, 0.6) is 0 Å². The van der Waals surface area contributed by atoms with Crippen LogP contribution in [0.1, 0.15) is 18.0 Å². The molecule has 0 saturated carbocycles. The first-order valence-electron chi connectivity index (χ1n) is 6.22. The van der Waals surface area contributed by atoms with Crippen molar-refractivity contribution in [3.8, 4) is 0 Å². The standard InChI is InChI=1S/C13H19BrN2O2S/c1-16-8-9(7-15)5-12(16)11-6-10(14)3-4-13(11)19(2,17)18/h3-4,6,9,12H,5,7-8,15H2,1-2H3. The molecule has 4 nitrogen and oxygen atoms in total. The average Bonchev–Trinajstić information content (AvgIpc) is 2.68. The smallest absolute Gasteiger partial charge is 0.175 e. The molecule has 1 aromatic carbocycles. The van der Waals surface area contributed by atoms with Crippen molar-refractivity contribution in [3.63, 3.8) is 0 Å². The van der Waals surface area contributed by atoms with Crippen molar-refractivity contribution in [2.75, 3.05) is 26.4 Å². The molecule has 2 N–H and O–H groups in total. The van der Waals surface area contributed by atoms with Gasteiger partial charge in [-0.2, -0.15) is 0 Å². The molecule has 0 spiro atoms. The van der Waals surface area contributed by atoms with Crippen molar-refractivity contribution in [1.82, 2.24) is 4.90 Å². The lowest BCUT2D eigenvalue weighted by atomic mass is 10.00. The summed E-state index contributed by atoms with van der Waals surface area (Å²) >= 11 is 3.42. The van der Waals surface area contributed by atoms with Gasteiger partial charge in [-0.1, -0.05) is 15.9 Å². The topological polar surface area (TPSA) is 63.4 Å². The van der Waals surface area contributed by atoms with Crippen molar-refractivity contribution in [2.45, 2.75) is 17.4 Å². The molecule has 0 bridgehead atoms. The van der Waals surface area contributed by atoms with E-state index in [9.17, 15) is 8.42 Å². The van der Waals surface area contributed by atoms with Crippen LogP contribution in [0.3, 0.4) is 0 Å². The zero-order valence-electron chi connectivity index (χ0n) is 11.1. The molecule has 1 fully saturated rings. The third kappa shape index (κ3) is 3.18. The largest absolute Gasteiger partial charge is 0.330 e. The molecular weight excluding hydrogens is 328 g/mol. The minimum Gasteiger partial charge on any atom is -0.330 e. The number of hydrogen-bond donors (Lipinski definition) is 1. The number of likely N-dealkylation sites (tertiary alicyclic amines) is 1. The Kier molecular flexibility index (Phi) is 4.35. The van der Waals surface area contributed by atoms with Crippen molar-refractivity contribution in [3.05, 3.63) is 28.2 Å². The Morgan fingerprint density at radius 3 is 2.68 bits per heavy atom. The van der Waals surface area contributed by atoms with Crippen molar-refractivity contribution >= 4 is 25.8 Å². The summed E-state index contributed by atoms with van der Waals surface area (Å²) in [5.41, 5.74) is 6.61. The molecule has 0 aromatic heterocycles. The van der Waals surface area contributed by atoms with E-state index < -0.39 is 9.84 Å². The average molecular weight is 347 g/mol. The Morgan fingerprint density at radius 1 is 1.47 bits per heavy atom. The highest BCUT2D eigenvalue weighted by Crippen LogP contribution is 2.37. The predicted octanol–water partition coefficient (Wildman–Crippen LogP) is 1.80. The first kappa shape index (κ1) is 15.0. The molecule has 6 heteroatoms. The van der Waals surface area contributed by atoms with Gasteiger partial charge in [-0.05, 0) is 49.7 Å². The van der Waals surface area contributed by atoms with Gasteiger partial charge in [0.15, 0.2) is 9.84 Å². The van der Waals surface area contributed by atoms with Crippen LogP contribution in [0.15, 0.2) is 27.6 Å². The minimum absolute atomic E-state index is 0.121. The predicted molar refractivity (Wildman–Crippen MR) is 79.8 cm³/mol. The van der Waals surface area contributed by atoms with Gasteiger partial charge in [-0.25, -0.2) is 8.42 Å². The van der Waals surface area contributed by atoms with Crippen LogP contribution in [0.25, 0.3) is 0 Å². The number of hydrogen-bond acceptors (Lipinski definition) is 4. The highest BCUT2D eigenvalue weighted by Gasteiger charge is 2.32. The fourth-order valence-electron chi connectivity index (χ4n) is 2.76. The van der Waals surface area contributed by atoms with E-state index in [-0.39, 0.29) is 6.04 Å². The van der Waals surface area contributed by atoms with Gasteiger partial charge >= 0.3 is 0 Å². The first-order valence-corrected chi connectivity index (χ1v) is 8.91. The molecule has 0 aliphatic carbocycles. The number of rotatable bonds is 3. The Balaban J connectivity index is 2.47. The second-order valence-electron chi connectivity index (χ2n) is 5.25. The second-order valence-corrected chi connectivity index (χ2v) is 8.15. The molecule has 1 aromatic rings. The van der Waals surface area contributed by atoms with E-state index >= 15 is 0 Å². The Hall–Kier alpha value is -0.430. The SMILES string of the molecule is CN1CC(CN)CC1c1cc(Br)ccc1S(C)(=O)=O. The summed E-state index contributed by atoms with van der Waals surface area (Å²) in [4.78, 5) is 2.61. The van der Waals surface area contributed by atoms with Gasteiger partial charge < -0.3 is 5.73 Å².